The van der Waals surface area contributed by atoms with Crippen LogP contribution in [-0.2, 0) is 14.4 Å². The highest BCUT2D eigenvalue weighted by Crippen LogP contribution is 2.18. The highest BCUT2D eigenvalue weighted by molar-refractivity contribution is 7.99. The Hall–Kier alpha value is -2.10. The Morgan fingerprint density at radius 1 is 1.48 bits per heavy atom. The second-order valence-electron chi connectivity index (χ2n) is 4.53. The zero-order valence-electron chi connectivity index (χ0n) is 11.6. The molecular formula is C11H17N5O4S. The molecule has 0 aliphatic heterocycles. The fourth-order valence-corrected chi connectivity index (χ4v) is 2.31. The zero-order chi connectivity index (χ0) is 16.0. The van der Waals surface area contributed by atoms with Crippen molar-refractivity contribution in [3.05, 3.63) is 6.33 Å². The summed E-state index contributed by atoms with van der Waals surface area (Å²) in [5, 5.41) is 19.3. The summed E-state index contributed by atoms with van der Waals surface area (Å²) in [6.07, 6.45) is 1.10. The van der Waals surface area contributed by atoms with Crippen molar-refractivity contribution in [3.63, 3.8) is 0 Å². The first-order chi connectivity index (χ1) is 9.81. The molecule has 0 aromatic carbocycles. The van der Waals surface area contributed by atoms with Gasteiger partial charge < -0.3 is 20.7 Å². The maximum atomic E-state index is 11.7. The number of aliphatic carboxylic acids is 1. The fourth-order valence-electron chi connectivity index (χ4n) is 1.46. The third-order valence-corrected chi connectivity index (χ3v) is 3.42. The van der Waals surface area contributed by atoms with E-state index in [-0.39, 0.29) is 11.8 Å². The van der Waals surface area contributed by atoms with Crippen LogP contribution in [0.25, 0.3) is 0 Å². The molecule has 1 aromatic rings. The van der Waals surface area contributed by atoms with E-state index in [0.717, 1.165) is 11.8 Å². The molecule has 1 rings (SSSR count). The summed E-state index contributed by atoms with van der Waals surface area (Å²) in [4.78, 5) is 33.3. The third-order valence-electron chi connectivity index (χ3n) is 2.47. The summed E-state index contributed by atoms with van der Waals surface area (Å²) >= 11 is 1.13. The van der Waals surface area contributed by atoms with Gasteiger partial charge in [-0.3, -0.25) is 9.59 Å². The van der Waals surface area contributed by atoms with Crippen molar-refractivity contribution in [3.8, 4) is 0 Å². The first kappa shape index (κ1) is 17.0. The van der Waals surface area contributed by atoms with Crippen molar-refractivity contribution in [1.82, 2.24) is 20.1 Å². The lowest BCUT2D eigenvalue weighted by molar-refractivity contribution is -0.143. The second-order valence-corrected chi connectivity index (χ2v) is 5.47. The van der Waals surface area contributed by atoms with Gasteiger partial charge in [-0.1, -0.05) is 11.8 Å². The van der Waals surface area contributed by atoms with Crippen LogP contribution < -0.4 is 11.1 Å². The summed E-state index contributed by atoms with van der Waals surface area (Å²) in [5.74, 6) is -2.66. The Balaban J connectivity index is 2.55. The van der Waals surface area contributed by atoms with Gasteiger partial charge in [-0.25, -0.2) is 4.79 Å². The minimum atomic E-state index is -1.32. The molecule has 0 radical (unpaired) electrons. The monoisotopic (exact) mass is 315 g/mol. The summed E-state index contributed by atoms with van der Waals surface area (Å²) in [5.41, 5.74) is 4.93. The molecule has 4 N–H and O–H groups in total. The van der Waals surface area contributed by atoms with Crippen LogP contribution in [0.5, 0.6) is 0 Å². The minimum absolute atomic E-state index is 0.0338. The average Bonchev–Trinajstić information content (AvgIpc) is 2.83. The summed E-state index contributed by atoms with van der Waals surface area (Å²) in [6.45, 7) is 3.89. The van der Waals surface area contributed by atoms with Gasteiger partial charge >= 0.3 is 5.97 Å². The number of amides is 2. The average molecular weight is 315 g/mol. The van der Waals surface area contributed by atoms with Crippen molar-refractivity contribution in [2.45, 2.75) is 37.5 Å². The third kappa shape index (κ3) is 5.42. The van der Waals surface area contributed by atoms with Crippen LogP contribution >= 0.6 is 11.8 Å². The van der Waals surface area contributed by atoms with E-state index in [1.165, 1.54) is 0 Å². The normalized spacial score (nSPS) is 12.1. The van der Waals surface area contributed by atoms with E-state index in [0.29, 0.717) is 5.16 Å². The Kier molecular flexibility index (Phi) is 6.15. The number of carbonyl (C=O) groups is 3. The maximum Gasteiger partial charge on any atom is 0.326 e. The number of thioether (sulfide) groups is 1. The van der Waals surface area contributed by atoms with E-state index in [9.17, 15) is 14.4 Å². The molecule has 0 fully saturated rings. The van der Waals surface area contributed by atoms with Crippen LogP contribution in [0.4, 0.5) is 0 Å². The molecule has 21 heavy (non-hydrogen) atoms. The summed E-state index contributed by atoms with van der Waals surface area (Å²) in [6, 6.07) is -1.18. The molecule has 0 spiro atoms. The van der Waals surface area contributed by atoms with Gasteiger partial charge in [0.1, 0.15) is 12.4 Å². The number of rotatable bonds is 8. The van der Waals surface area contributed by atoms with Crippen molar-refractivity contribution in [2.75, 3.05) is 5.75 Å². The van der Waals surface area contributed by atoms with Crippen LogP contribution in [0, 0.1) is 0 Å². The number of primary amides is 1. The SMILES string of the molecule is CC(C)n1cnnc1SCC(=O)N[C@H](CC(N)=O)C(=O)O. The standard InChI is InChI=1S/C11H17N5O4S/c1-6(2)16-5-13-15-11(16)21-4-9(18)14-7(10(19)20)3-8(12)17/h5-7H,3-4H2,1-2H3,(H2,12,17)(H,14,18)(H,19,20)/t7-/m1/s1. The Bertz CT molecular complexity index is 530. The number of hydrogen-bond donors (Lipinski definition) is 3. The largest absolute Gasteiger partial charge is 0.480 e. The van der Waals surface area contributed by atoms with E-state index in [2.05, 4.69) is 15.5 Å². The van der Waals surface area contributed by atoms with Gasteiger partial charge in [-0.05, 0) is 13.8 Å². The van der Waals surface area contributed by atoms with E-state index in [4.69, 9.17) is 10.8 Å². The lowest BCUT2D eigenvalue weighted by Crippen LogP contribution is -2.44. The minimum Gasteiger partial charge on any atom is -0.480 e. The van der Waals surface area contributed by atoms with Crippen LogP contribution in [0.3, 0.4) is 0 Å². The Labute approximate surface area is 125 Å². The molecule has 10 heteroatoms. The van der Waals surface area contributed by atoms with Gasteiger partial charge in [0.15, 0.2) is 5.16 Å². The molecule has 0 aliphatic carbocycles. The molecule has 0 bridgehead atoms. The van der Waals surface area contributed by atoms with Gasteiger partial charge in [0, 0.05) is 6.04 Å². The number of carboxylic acids is 1. The van der Waals surface area contributed by atoms with E-state index < -0.39 is 30.2 Å². The van der Waals surface area contributed by atoms with Crippen molar-refractivity contribution in [1.29, 1.82) is 0 Å². The molecule has 0 saturated heterocycles. The molecule has 0 aliphatic rings. The molecule has 1 aromatic heterocycles. The van der Waals surface area contributed by atoms with E-state index in [1.54, 1.807) is 10.9 Å². The maximum absolute atomic E-state index is 11.7. The van der Waals surface area contributed by atoms with Crippen LogP contribution in [0.15, 0.2) is 11.5 Å². The smallest absolute Gasteiger partial charge is 0.326 e. The number of nitrogens with two attached hydrogens (primary N) is 1. The molecule has 0 saturated carbocycles. The number of carboxylic acid groups (broad SMARTS) is 1. The molecule has 1 heterocycles. The van der Waals surface area contributed by atoms with E-state index >= 15 is 0 Å². The molecular weight excluding hydrogens is 298 g/mol. The number of hydrogen-bond acceptors (Lipinski definition) is 6. The van der Waals surface area contributed by atoms with Crippen molar-refractivity contribution >= 4 is 29.5 Å². The first-order valence-electron chi connectivity index (χ1n) is 6.14. The fraction of sp³-hybridized carbons (Fsp3) is 0.545. The van der Waals surface area contributed by atoms with Crippen LogP contribution in [0.2, 0.25) is 0 Å². The Morgan fingerprint density at radius 2 is 2.14 bits per heavy atom. The van der Waals surface area contributed by atoms with E-state index in [1.807, 2.05) is 13.8 Å². The number of nitrogens with one attached hydrogen (secondary N) is 1. The predicted molar refractivity (Wildman–Crippen MR) is 74.5 cm³/mol. The van der Waals surface area contributed by atoms with Crippen LogP contribution in [-0.4, -0.2) is 49.4 Å². The lowest BCUT2D eigenvalue weighted by atomic mass is 10.2. The predicted octanol–water partition coefficient (Wildman–Crippen LogP) is -0.604. The summed E-state index contributed by atoms with van der Waals surface area (Å²) < 4.78 is 1.79. The number of nitrogens with zero attached hydrogens (tertiary/aromatic N) is 3. The first-order valence-corrected chi connectivity index (χ1v) is 7.12. The molecule has 116 valence electrons. The van der Waals surface area contributed by atoms with Crippen molar-refractivity contribution in [2.24, 2.45) is 5.73 Å². The number of carbonyl (C=O) groups excluding carboxylic acids is 2. The van der Waals surface area contributed by atoms with Gasteiger partial charge in [0.25, 0.3) is 0 Å². The highest BCUT2D eigenvalue weighted by Gasteiger charge is 2.22. The molecule has 9 nitrogen and oxygen atoms in total. The van der Waals surface area contributed by atoms with Crippen LogP contribution in [0.1, 0.15) is 26.3 Å². The highest BCUT2D eigenvalue weighted by atomic mass is 32.2. The lowest BCUT2D eigenvalue weighted by Gasteiger charge is -2.13. The van der Waals surface area contributed by atoms with Gasteiger partial charge in [0.2, 0.25) is 11.8 Å². The quantitative estimate of drug-likeness (QED) is 0.544. The molecule has 1 atom stereocenters. The Morgan fingerprint density at radius 3 is 2.67 bits per heavy atom. The molecule has 0 unspecified atom stereocenters. The van der Waals surface area contributed by atoms with Gasteiger partial charge in [-0.15, -0.1) is 10.2 Å². The topological polar surface area (TPSA) is 140 Å². The second kappa shape index (κ2) is 7.62. The van der Waals surface area contributed by atoms with Crippen molar-refractivity contribution < 1.29 is 19.5 Å². The zero-order valence-corrected chi connectivity index (χ0v) is 12.5. The molecule has 2 amide bonds. The summed E-state index contributed by atoms with van der Waals surface area (Å²) in [7, 11) is 0. The number of aromatic nitrogens is 3. The van der Waals surface area contributed by atoms with Gasteiger partial charge in [0.05, 0.1) is 12.2 Å². The van der Waals surface area contributed by atoms with Gasteiger partial charge in [-0.2, -0.15) is 0 Å².